The van der Waals surface area contributed by atoms with Gasteiger partial charge in [-0.2, -0.15) is 9.97 Å². The summed E-state index contributed by atoms with van der Waals surface area (Å²) in [4.78, 5) is 17.5. The summed E-state index contributed by atoms with van der Waals surface area (Å²) in [7, 11) is 0. The van der Waals surface area contributed by atoms with Crippen molar-refractivity contribution in [2.75, 3.05) is 11.5 Å². The number of hydrogen-bond acceptors (Lipinski definition) is 7. The number of aromatic nitrogens is 2. The molecule has 0 atom stereocenters. The topological polar surface area (TPSA) is 130 Å². The van der Waals surface area contributed by atoms with Gasteiger partial charge in [0.1, 0.15) is 11.6 Å². The first-order chi connectivity index (χ1) is 9.36. The lowest BCUT2D eigenvalue weighted by atomic mass is 10.3. The number of nitro benzene ring substituents is 1. The molecule has 10 heteroatoms. The van der Waals surface area contributed by atoms with E-state index >= 15 is 0 Å². The van der Waals surface area contributed by atoms with Gasteiger partial charge >= 0.3 is 5.69 Å². The maximum absolute atomic E-state index is 13.5. The standard InChI is InChI=1S/C10H7BrFN5O3/c11-4-1-6(17(18)19)7(2-5(4)12)20-9-3-8(13)15-10(14)16-9/h1-3H,(H4,13,14,15,16). The lowest BCUT2D eigenvalue weighted by molar-refractivity contribution is -0.385. The highest BCUT2D eigenvalue weighted by Gasteiger charge is 2.20. The molecule has 104 valence electrons. The second kappa shape index (κ2) is 5.25. The third-order valence-electron chi connectivity index (χ3n) is 2.15. The number of halogens is 2. The molecule has 0 aliphatic heterocycles. The fourth-order valence-corrected chi connectivity index (χ4v) is 1.70. The van der Waals surface area contributed by atoms with Crippen LogP contribution in [0.15, 0.2) is 22.7 Å². The van der Waals surface area contributed by atoms with E-state index in [-0.39, 0.29) is 27.9 Å². The number of benzene rings is 1. The van der Waals surface area contributed by atoms with Crippen molar-refractivity contribution in [1.82, 2.24) is 9.97 Å². The smallest absolute Gasteiger partial charge is 0.312 e. The summed E-state index contributed by atoms with van der Waals surface area (Å²) >= 11 is 2.86. The Kier molecular flexibility index (Phi) is 3.66. The molecule has 0 bridgehead atoms. The maximum atomic E-state index is 13.5. The lowest BCUT2D eigenvalue weighted by Crippen LogP contribution is -2.02. The molecule has 1 heterocycles. The molecule has 0 unspecified atom stereocenters. The Hall–Kier alpha value is -2.49. The summed E-state index contributed by atoms with van der Waals surface area (Å²) in [6.07, 6.45) is 0. The van der Waals surface area contributed by atoms with Crippen molar-refractivity contribution in [2.45, 2.75) is 0 Å². The van der Waals surface area contributed by atoms with E-state index in [9.17, 15) is 14.5 Å². The van der Waals surface area contributed by atoms with Gasteiger partial charge in [0.15, 0.2) is 0 Å². The van der Waals surface area contributed by atoms with Gasteiger partial charge in [0.25, 0.3) is 0 Å². The summed E-state index contributed by atoms with van der Waals surface area (Å²) in [5.41, 5.74) is 10.4. The van der Waals surface area contributed by atoms with Crippen LogP contribution in [0.4, 0.5) is 21.8 Å². The van der Waals surface area contributed by atoms with Crippen LogP contribution in [0.25, 0.3) is 0 Å². The van der Waals surface area contributed by atoms with E-state index < -0.39 is 16.4 Å². The van der Waals surface area contributed by atoms with E-state index in [0.29, 0.717) is 0 Å². The Morgan fingerprint density at radius 2 is 2.00 bits per heavy atom. The largest absolute Gasteiger partial charge is 0.431 e. The minimum atomic E-state index is -0.722. The molecule has 2 rings (SSSR count). The normalized spacial score (nSPS) is 10.3. The van der Waals surface area contributed by atoms with E-state index in [1.165, 1.54) is 6.07 Å². The fraction of sp³-hybridized carbons (Fsp3) is 0. The minimum absolute atomic E-state index is 0.0211. The predicted molar refractivity (Wildman–Crippen MR) is 71.7 cm³/mol. The van der Waals surface area contributed by atoms with Gasteiger partial charge in [-0.1, -0.05) is 0 Å². The van der Waals surface area contributed by atoms with Crippen LogP contribution < -0.4 is 16.2 Å². The molecule has 1 aromatic heterocycles. The summed E-state index contributed by atoms with van der Waals surface area (Å²) in [6, 6.07) is 3.05. The van der Waals surface area contributed by atoms with E-state index in [4.69, 9.17) is 16.2 Å². The van der Waals surface area contributed by atoms with Gasteiger partial charge < -0.3 is 16.2 Å². The monoisotopic (exact) mass is 343 g/mol. The van der Waals surface area contributed by atoms with Gasteiger partial charge in [-0.05, 0) is 15.9 Å². The molecule has 0 saturated carbocycles. The van der Waals surface area contributed by atoms with Crippen molar-refractivity contribution < 1.29 is 14.1 Å². The molecule has 0 aliphatic rings. The second-order valence-electron chi connectivity index (χ2n) is 3.58. The zero-order valence-corrected chi connectivity index (χ0v) is 11.3. The van der Waals surface area contributed by atoms with Crippen molar-refractivity contribution in [3.63, 3.8) is 0 Å². The minimum Gasteiger partial charge on any atom is -0.431 e. The number of nitrogen functional groups attached to an aromatic ring is 2. The molecule has 1 aromatic carbocycles. The van der Waals surface area contributed by atoms with Crippen LogP contribution in [0.2, 0.25) is 0 Å². The summed E-state index contributed by atoms with van der Waals surface area (Å²) in [6.45, 7) is 0. The molecule has 0 fully saturated rings. The molecule has 20 heavy (non-hydrogen) atoms. The van der Waals surface area contributed by atoms with Crippen molar-refractivity contribution in [3.05, 3.63) is 38.6 Å². The SMILES string of the molecule is Nc1cc(Oc2cc(F)c(Br)cc2[N+](=O)[O-])nc(N)n1. The molecular formula is C10H7BrFN5O3. The molecule has 0 saturated heterocycles. The molecule has 0 aliphatic carbocycles. The van der Waals surface area contributed by atoms with Crippen molar-refractivity contribution in [2.24, 2.45) is 0 Å². The molecule has 0 radical (unpaired) electrons. The van der Waals surface area contributed by atoms with Crippen LogP contribution in [0.1, 0.15) is 0 Å². The quantitative estimate of drug-likeness (QED) is 0.645. The zero-order chi connectivity index (χ0) is 14.9. The number of nitrogens with zero attached hydrogens (tertiary/aromatic N) is 3. The zero-order valence-electron chi connectivity index (χ0n) is 9.71. The van der Waals surface area contributed by atoms with Crippen LogP contribution in [0.3, 0.4) is 0 Å². The Bertz CT molecular complexity index is 677. The van der Waals surface area contributed by atoms with Gasteiger partial charge in [0.05, 0.1) is 9.40 Å². The second-order valence-corrected chi connectivity index (χ2v) is 4.44. The molecular weight excluding hydrogens is 337 g/mol. The number of hydrogen-bond donors (Lipinski definition) is 2. The molecule has 2 aromatic rings. The maximum Gasteiger partial charge on any atom is 0.312 e. The third kappa shape index (κ3) is 2.91. The van der Waals surface area contributed by atoms with Gasteiger partial charge in [0, 0.05) is 18.2 Å². The first-order valence-corrected chi connectivity index (χ1v) is 5.87. The Morgan fingerprint density at radius 3 is 2.60 bits per heavy atom. The van der Waals surface area contributed by atoms with Gasteiger partial charge in [-0.3, -0.25) is 10.1 Å². The van der Waals surface area contributed by atoms with Gasteiger partial charge in [-0.25, -0.2) is 4.39 Å². The average molecular weight is 344 g/mol. The summed E-state index contributed by atoms with van der Waals surface area (Å²) in [5, 5.41) is 10.9. The highest BCUT2D eigenvalue weighted by Crippen LogP contribution is 2.35. The predicted octanol–water partition coefficient (Wildman–Crippen LogP) is 2.24. The van der Waals surface area contributed by atoms with Crippen molar-refractivity contribution >= 4 is 33.4 Å². The Morgan fingerprint density at radius 1 is 1.30 bits per heavy atom. The van der Waals surface area contributed by atoms with E-state index in [1.807, 2.05) is 0 Å². The third-order valence-corrected chi connectivity index (χ3v) is 2.76. The van der Waals surface area contributed by atoms with Crippen LogP contribution in [-0.2, 0) is 0 Å². The average Bonchev–Trinajstić information content (AvgIpc) is 2.31. The molecule has 0 amide bonds. The number of nitrogens with two attached hydrogens (primary N) is 2. The van der Waals surface area contributed by atoms with E-state index in [0.717, 1.165) is 12.1 Å². The van der Waals surface area contributed by atoms with Crippen LogP contribution >= 0.6 is 15.9 Å². The van der Waals surface area contributed by atoms with Crippen LogP contribution in [0.5, 0.6) is 11.6 Å². The molecule has 0 spiro atoms. The Labute approximate surface area is 119 Å². The fourth-order valence-electron chi connectivity index (χ4n) is 1.37. The van der Waals surface area contributed by atoms with Crippen LogP contribution in [-0.4, -0.2) is 14.9 Å². The first-order valence-electron chi connectivity index (χ1n) is 5.08. The highest BCUT2D eigenvalue weighted by molar-refractivity contribution is 9.10. The summed E-state index contributed by atoms with van der Waals surface area (Å²) < 4.78 is 18.5. The Balaban J connectivity index is 2.47. The highest BCUT2D eigenvalue weighted by atomic mass is 79.9. The van der Waals surface area contributed by atoms with E-state index in [1.54, 1.807) is 0 Å². The van der Waals surface area contributed by atoms with Crippen molar-refractivity contribution in [3.8, 4) is 11.6 Å². The number of anilines is 2. The first kappa shape index (κ1) is 13.9. The van der Waals surface area contributed by atoms with Gasteiger partial charge in [0.2, 0.25) is 17.6 Å². The summed E-state index contributed by atoms with van der Waals surface area (Å²) in [5.74, 6) is -1.32. The lowest BCUT2D eigenvalue weighted by Gasteiger charge is -2.07. The van der Waals surface area contributed by atoms with Crippen LogP contribution in [0, 0.1) is 15.9 Å². The van der Waals surface area contributed by atoms with Gasteiger partial charge in [-0.15, -0.1) is 0 Å². The number of ether oxygens (including phenoxy) is 1. The molecule has 4 N–H and O–H groups in total. The van der Waals surface area contributed by atoms with Crippen molar-refractivity contribution in [1.29, 1.82) is 0 Å². The van der Waals surface area contributed by atoms with E-state index in [2.05, 4.69) is 25.9 Å². The number of rotatable bonds is 3. The number of nitro groups is 1. The molecule has 8 nitrogen and oxygen atoms in total.